The Hall–Kier alpha value is -1.53. The summed E-state index contributed by atoms with van der Waals surface area (Å²) in [4.78, 5) is 34.3. The summed E-state index contributed by atoms with van der Waals surface area (Å²) in [5.41, 5.74) is 1.23. The number of hydrogen-bond acceptors (Lipinski definition) is 7. The molecule has 31 heavy (non-hydrogen) atoms. The van der Waals surface area contributed by atoms with Crippen molar-refractivity contribution in [3.8, 4) is 0 Å². The minimum Gasteiger partial charge on any atom is -0.479 e. The fourth-order valence-electron chi connectivity index (χ4n) is 4.28. The quantitative estimate of drug-likeness (QED) is 0.392. The molecule has 2 heterocycles. The van der Waals surface area contributed by atoms with E-state index in [1.54, 1.807) is 0 Å². The van der Waals surface area contributed by atoms with E-state index in [4.69, 9.17) is 25.2 Å². The summed E-state index contributed by atoms with van der Waals surface area (Å²) in [6, 6.07) is 7.20. The van der Waals surface area contributed by atoms with Crippen LogP contribution in [0.5, 0.6) is 0 Å². The van der Waals surface area contributed by atoms with Crippen LogP contribution in [0.3, 0.4) is 0 Å². The first-order valence-electron chi connectivity index (χ1n) is 9.56. The molecule has 1 aromatic carbocycles. The fourth-order valence-corrected chi connectivity index (χ4v) is 4.92. The predicted octanol–water partition coefficient (Wildman–Crippen LogP) is 1.83. The molecule has 4 N–H and O–H groups in total. The van der Waals surface area contributed by atoms with Gasteiger partial charge in [0.25, 0.3) is 0 Å². The molecule has 0 amide bonds. The lowest BCUT2D eigenvalue weighted by atomic mass is 9.76. The van der Waals surface area contributed by atoms with Crippen molar-refractivity contribution in [2.24, 2.45) is 5.92 Å². The Bertz CT molecular complexity index is 817. The summed E-state index contributed by atoms with van der Waals surface area (Å²) in [6.07, 6.45) is -1.23. The van der Waals surface area contributed by atoms with E-state index >= 15 is 0 Å². The number of ether oxygens (including phenoxy) is 1. The smallest absolute Gasteiger partial charge is 0.335 e. The van der Waals surface area contributed by atoms with Crippen LogP contribution < -0.4 is 0 Å². The van der Waals surface area contributed by atoms with Crippen molar-refractivity contribution in [3.63, 3.8) is 0 Å². The number of halogens is 2. The average Bonchev–Trinajstić information content (AvgIpc) is 2.96. The maximum atomic E-state index is 12.4. The lowest BCUT2D eigenvalue weighted by molar-refractivity contribution is -0.165. The van der Waals surface area contributed by atoms with Crippen LogP contribution in [-0.4, -0.2) is 81.7 Å². The highest BCUT2D eigenvalue weighted by Gasteiger charge is 2.49. The SMILES string of the molecule is COC(=O)[C@H]1[C@@H](c2ccc(Br)c(Br)c2)C[C@@H]2CC[C@H]1N2C.O=C(O)C(O)C(O)C(=O)O. The van der Waals surface area contributed by atoms with Crippen molar-refractivity contribution in [2.75, 3.05) is 14.2 Å². The second kappa shape index (κ2) is 10.9. The van der Waals surface area contributed by atoms with Gasteiger partial charge in [0.1, 0.15) is 0 Å². The van der Waals surface area contributed by atoms with Crippen LogP contribution in [0.2, 0.25) is 0 Å². The molecule has 11 heteroatoms. The Morgan fingerprint density at radius 3 is 2.13 bits per heavy atom. The second-order valence-corrected chi connectivity index (χ2v) is 9.30. The third-order valence-electron chi connectivity index (χ3n) is 5.92. The molecule has 9 nitrogen and oxygen atoms in total. The third kappa shape index (κ3) is 5.83. The van der Waals surface area contributed by atoms with Crippen molar-refractivity contribution in [2.45, 2.75) is 49.5 Å². The first-order valence-corrected chi connectivity index (χ1v) is 11.1. The molecular weight excluding hydrogens is 542 g/mol. The highest BCUT2D eigenvalue weighted by molar-refractivity contribution is 9.13. The summed E-state index contributed by atoms with van der Waals surface area (Å²) < 4.78 is 7.18. The number of carboxylic acid groups (broad SMARTS) is 2. The zero-order valence-corrected chi connectivity index (χ0v) is 20.1. The van der Waals surface area contributed by atoms with Crippen molar-refractivity contribution < 1.29 is 39.5 Å². The second-order valence-electron chi connectivity index (χ2n) is 7.59. The van der Waals surface area contributed by atoms with Gasteiger partial charge in [-0.15, -0.1) is 0 Å². The lowest BCUT2D eigenvalue weighted by Crippen LogP contribution is -2.49. The van der Waals surface area contributed by atoms with Gasteiger partial charge in [0, 0.05) is 26.9 Å². The average molecular weight is 567 g/mol. The van der Waals surface area contributed by atoms with Crippen molar-refractivity contribution in [1.82, 2.24) is 4.90 Å². The standard InChI is InChI=1S/C16H19Br2NO2.C4H6O6/c1-19-10-4-6-14(19)15(16(20)21-2)11(8-10)9-3-5-12(17)13(18)7-9;5-1(3(7)8)2(6)4(9)10/h3,5,7,10-11,14-15H,4,6,8H2,1-2H3;1-2,5-6H,(H,7,8)(H,9,10)/t10-,11+,14+,15-;/m0./s1. The van der Waals surface area contributed by atoms with Gasteiger partial charge in [-0.05, 0) is 75.9 Å². The topological polar surface area (TPSA) is 145 Å². The highest BCUT2D eigenvalue weighted by Crippen LogP contribution is 2.47. The summed E-state index contributed by atoms with van der Waals surface area (Å²) in [7, 11) is 3.64. The number of aliphatic hydroxyl groups is 2. The third-order valence-corrected chi connectivity index (χ3v) is 7.80. The molecule has 2 bridgehead atoms. The van der Waals surface area contributed by atoms with E-state index < -0.39 is 24.1 Å². The molecule has 1 aromatic rings. The molecule has 172 valence electrons. The fraction of sp³-hybridized carbons (Fsp3) is 0.550. The molecular formula is C20H25Br2NO8. The summed E-state index contributed by atoms with van der Waals surface area (Å²) in [5.74, 6) is -3.43. The number of esters is 1. The van der Waals surface area contributed by atoms with E-state index in [0.717, 1.165) is 21.8 Å². The van der Waals surface area contributed by atoms with Crippen molar-refractivity contribution >= 4 is 49.8 Å². The molecule has 0 spiro atoms. The van der Waals surface area contributed by atoms with Crippen molar-refractivity contribution in [1.29, 1.82) is 0 Å². The van der Waals surface area contributed by atoms with Crippen molar-refractivity contribution in [3.05, 3.63) is 32.7 Å². The van der Waals surface area contributed by atoms with Crippen LogP contribution in [0.4, 0.5) is 0 Å². The Kier molecular flexibility index (Phi) is 9.02. The van der Waals surface area contributed by atoms with E-state index in [2.05, 4.69) is 55.9 Å². The first kappa shape index (κ1) is 25.7. The molecule has 2 fully saturated rings. The van der Waals surface area contributed by atoms with Crippen LogP contribution in [0.15, 0.2) is 27.1 Å². The first-order chi connectivity index (χ1) is 14.5. The number of hydrogen-bond donors (Lipinski definition) is 4. The predicted molar refractivity (Wildman–Crippen MR) is 117 cm³/mol. The zero-order chi connectivity index (χ0) is 23.5. The van der Waals surface area contributed by atoms with Crippen LogP contribution in [0.25, 0.3) is 0 Å². The summed E-state index contributed by atoms with van der Waals surface area (Å²) in [5, 5.41) is 32.5. The van der Waals surface area contributed by atoms with Gasteiger partial charge in [-0.25, -0.2) is 9.59 Å². The Morgan fingerprint density at radius 2 is 1.65 bits per heavy atom. The van der Waals surface area contributed by atoms with Crippen LogP contribution in [0.1, 0.15) is 30.7 Å². The van der Waals surface area contributed by atoms with Gasteiger partial charge in [0.2, 0.25) is 0 Å². The number of aliphatic hydroxyl groups excluding tert-OH is 2. The largest absolute Gasteiger partial charge is 0.479 e. The number of carboxylic acids is 2. The monoisotopic (exact) mass is 565 g/mol. The molecule has 3 rings (SSSR count). The number of rotatable bonds is 5. The molecule has 2 unspecified atom stereocenters. The molecule has 0 aromatic heterocycles. The number of piperidine rings is 1. The van der Waals surface area contributed by atoms with Crippen LogP contribution >= 0.6 is 31.9 Å². The maximum Gasteiger partial charge on any atom is 0.335 e. The Labute approximate surface area is 196 Å². The molecule has 2 saturated heterocycles. The molecule has 2 aliphatic heterocycles. The number of aliphatic carboxylic acids is 2. The number of nitrogens with zero attached hydrogens (tertiary/aromatic N) is 1. The van der Waals surface area contributed by atoms with Crippen LogP contribution in [0, 0.1) is 5.92 Å². The van der Waals surface area contributed by atoms with Gasteiger partial charge in [-0.1, -0.05) is 6.07 Å². The van der Waals surface area contributed by atoms with Gasteiger partial charge in [-0.2, -0.15) is 0 Å². The number of fused-ring (bicyclic) bond motifs is 2. The normalized spacial score (nSPS) is 26.9. The van der Waals surface area contributed by atoms with E-state index in [-0.39, 0.29) is 17.8 Å². The van der Waals surface area contributed by atoms with Gasteiger partial charge in [-0.3, -0.25) is 9.69 Å². The zero-order valence-electron chi connectivity index (χ0n) is 16.9. The van der Waals surface area contributed by atoms with Gasteiger partial charge in [0.05, 0.1) is 13.0 Å². The van der Waals surface area contributed by atoms with E-state index in [1.807, 2.05) is 6.07 Å². The Morgan fingerprint density at radius 1 is 1.06 bits per heavy atom. The number of benzene rings is 1. The molecule has 6 atom stereocenters. The summed E-state index contributed by atoms with van der Waals surface area (Å²) >= 11 is 7.08. The van der Waals surface area contributed by atoms with Gasteiger partial charge < -0.3 is 25.2 Å². The molecule has 2 aliphatic rings. The van der Waals surface area contributed by atoms with Gasteiger partial charge >= 0.3 is 17.9 Å². The molecule has 0 saturated carbocycles. The van der Waals surface area contributed by atoms with E-state index in [9.17, 15) is 14.4 Å². The Balaban J connectivity index is 0.000000291. The molecule has 0 radical (unpaired) electrons. The highest BCUT2D eigenvalue weighted by atomic mass is 79.9. The molecule has 0 aliphatic carbocycles. The summed E-state index contributed by atoms with van der Waals surface area (Å²) in [6.45, 7) is 0. The van der Waals surface area contributed by atoms with E-state index in [1.165, 1.54) is 19.1 Å². The maximum absolute atomic E-state index is 12.4. The minimum absolute atomic E-state index is 0.0631. The minimum atomic E-state index is -2.27. The number of carbonyl (C=O) groups is 3. The van der Waals surface area contributed by atoms with Crippen LogP contribution in [-0.2, 0) is 19.1 Å². The lowest BCUT2D eigenvalue weighted by Gasteiger charge is -2.41. The van der Waals surface area contributed by atoms with E-state index in [0.29, 0.717) is 12.1 Å². The number of methoxy groups -OCH3 is 1. The number of carbonyl (C=O) groups excluding carboxylic acids is 1. The van der Waals surface area contributed by atoms with Gasteiger partial charge in [0.15, 0.2) is 12.2 Å².